The van der Waals surface area contributed by atoms with E-state index in [2.05, 4.69) is 4.98 Å². The van der Waals surface area contributed by atoms with Gasteiger partial charge in [0, 0.05) is 24.0 Å². The van der Waals surface area contributed by atoms with Crippen molar-refractivity contribution < 1.29 is 5.11 Å². The molecule has 0 aliphatic heterocycles. The van der Waals surface area contributed by atoms with Crippen LogP contribution in [-0.2, 0) is 13.6 Å². The van der Waals surface area contributed by atoms with Gasteiger partial charge in [-0.2, -0.15) is 4.98 Å². The largest absolute Gasteiger partial charge is 0.506 e. The van der Waals surface area contributed by atoms with Crippen molar-refractivity contribution in [3.8, 4) is 11.4 Å². The summed E-state index contributed by atoms with van der Waals surface area (Å²) in [6.07, 6.45) is 1.77. The van der Waals surface area contributed by atoms with E-state index >= 15 is 0 Å². The Hall–Kier alpha value is -3.78. The van der Waals surface area contributed by atoms with Gasteiger partial charge in [0.15, 0.2) is 11.2 Å². The molecule has 0 radical (unpaired) electrons. The molecule has 5 rings (SSSR count). The van der Waals surface area contributed by atoms with Crippen LogP contribution in [0.15, 0.2) is 64.3 Å². The number of halogens is 1. The summed E-state index contributed by atoms with van der Waals surface area (Å²) in [6, 6.07) is 13.9. The van der Waals surface area contributed by atoms with Crippen LogP contribution in [0.3, 0.4) is 0 Å². The van der Waals surface area contributed by atoms with Crippen molar-refractivity contribution in [2.24, 2.45) is 7.05 Å². The van der Waals surface area contributed by atoms with E-state index in [-0.39, 0.29) is 17.9 Å². The molecule has 0 bridgehead atoms. The summed E-state index contributed by atoms with van der Waals surface area (Å²) >= 11 is 5.94. The van der Waals surface area contributed by atoms with Gasteiger partial charge in [-0.3, -0.25) is 22.9 Å². The number of hydrogen-bond donors (Lipinski definition) is 1. The molecule has 0 atom stereocenters. The van der Waals surface area contributed by atoms with E-state index in [1.54, 1.807) is 64.7 Å². The maximum Gasteiger partial charge on any atom is 0.332 e. The highest BCUT2D eigenvalue weighted by atomic mass is 35.5. The standard InChI is InChI=1S/C22H18ClN5O3/c1-13-11-26-18-19(24-21(26)28(13)16-5-3-4-6-17(16)29)25(2)22(31)27(20(18)30)12-14-7-9-15(23)10-8-14/h3-11,29H,12H2,1-2H3. The normalized spacial score (nSPS) is 11.6. The molecule has 2 aromatic carbocycles. The van der Waals surface area contributed by atoms with Gasteiger partial charge in [-0.1, -0.05) is 35.9 Å². The molecule has 0 aliphatic rings. The maximum atomic E-state index is 13.4. The second-order valence-corrected chi connectivity index (χ2v) is 7.84. The van der Waals surface area contributed by atoms with Crippen LogP contribution in [0.1, 0.15) is 11.3 Å². The summed E-state index contributed by atoms with van der Waals surface area (Å²) in [5, 5.41) is 10.9. The molecule has 0 unspecified atom stereocenters. The fraction of sp³-hybridized carbons (Fsp3) is 0.136. The van der Waals surface area contributed by atoms with Crippen LogP contribution in [0.25, 0.3) is 22.6 Å². The lowest BCUT2D eigenvalue weighted by atomic mass is 10.2. The topological polar surface area (TPSA) is 86.5 Å². The first-order chi connectivity index (χ1) is 14.9. The molecule has 0 amide bonds. The molecule has 9 heteroatoms. The lowest BCUT2D eigenvalue weighted by molar-refractivity contribution is 0.472. The Morgan fingerprint density at radius 1 is 1.06 bits per heavy atom. The molecule has 156 valence electrons. The highest BCUT2D eigenvalue weighted by molar-refractivity contribution is 6.30. The molecule has 8 nitrogen and oxygen atoms in total. The summed E-state index contributed by atoms with van der Waals surface area (Å²) in [7, 11) is 1.59. The van der Waals surface area contributed by atoms with Crippen molar-refractivity contribution in [3.05, 3.63) is 91.8 Å². The minimum absolute atomic E-state index is 0.0878. The molecular weight excluding hydrogens is 418 g/mol. The minimum atomic E-state index is -0.459. The van der Waals surface area contributed by atoms with Gasteiger partial charge in [0.05, 0.1) is 12.2 Å². The van der Waals surface area contributed by atoms with E-state index in [0.717, 1.165) is 11.3 Å². The Bertz CT molecular complexity index is 1590. The third kappa shape index (κ3) is 2.87. The van der Waals surface area contributed by atoms with E-state index in [4.69, 9.17) is 11.6 Å². The predicted molar refractivity (Wildman–Crippen MR) is 118 cm³/mol. The molecule has 31 heavy (non-hydrogen) atoms. The monoisotopic (exact) mass is 435 g/mol. The molecule has 0 fully saturated rings. The van der Waals surface area contributed by atoms with Gasteiger partial charge in [0.1, 0.15) is 5.75 Å². The number of hydrogen-bond acceptors (Lipinski definition) is 4. The number of nitrogens with zero attached hydrogens (tertiary/aromatic N) is 5. The van der Waals surface area contributed by atoms with Gasteiger partial charge >= 0.3 is 5.69 Å². The lowest BCUT2D eigenvalue weighted by Crippen LogP contribution is -2.39. The maximum absolute atomic E-state index is 13.4. The Labute approximate surface area is 180 Å². The zero-order chi connectivity index (χ0) is 21.9. The highest BCUT2D eigenvalue weighted by Gasteiger charge is 2.21. The molecule has 0 spiro atoms. The van der Waals surface area contributed by atoms with Gasteiger partial charge in [0.2, 0.25) is 5.78 Å². The van der Waals surface area contributed by atoms with Gasteiger partial charge < -0.3 is 5.11 Å². The molecular formula is C22H18ClN5O3. The van der Waals surface area contributed by atoms with E-state index in [1.807, 2.05) is 13.0 Å². The lowest BCUT2D eigenvalue weighted by Gasteiger charge is -2.08. The molecule has 0 saturated carbocycles. The van der Waals surface area contributed by atoms with E-state index in [9.17, 15) is 14.7 Å². The van der Waals surface area contributed by atoms with Crippen molar-refractivity contribution in [1.82, 2.24) is 23.1 Å². The van der Waals surface area contributed by atoms with Crippen molar-refractivity contribution in [2.75, 3.05) is 0 Å². The summed E-state index contributed by atoms with van der Waals surface area (Å²) < 4.78 is 5.97. The smallest absolute Gasteiger partial charge is 0.332 e. The fourth-order valence-electron chi connectivity index (χ4n) is 3.87. The second kappa shape index (κ2) is 6.88. The molecule has 0 saturated heterocycles. The van der Waals surface area contributed by atoms with Crippen LogP contribution in [0.5, 0.6) is 5.75 Å². The SMILES string of the molecule is Cc1cn2c3c(=O)n(Cc4ccc(Cl)cc4)c(=O)n(C)c3nc2n1-c1ccccc1O. The van der Waals surface area contributed by atoms with E-state index in [0.29, 0.717) is 22.0 Å². The number of fused-ring (bicyclic) bond motifs is 3. The van der Waals surface area contributed by atoms with Crippen LogP contribution in [0.4, 0.5) is 0 Å². The zero-order valence-electron chi connectivity index (χ0n) is 16.8. The predicted octanol–water partition coefficient (Wildman–Crippen LogP) is 2.85. The number of phenolic OH excluding ortho intramolecular Hbond substituents is 1. The molecule has 1 N–H and O–H groups in total. The van der Waals surface area contributed by atoms with Gasteiger partial charge in [-0.25, -0.2) is 4.79 Å². The number of phenols is 1. The Kier molecular flexibility index (Phi) is 4.26. The molecule has 3 heterocycles. The number of aryl methyl sites for hydroxylation is 2. The third-order valence-electron chi connectivity index (χ3n) is 5.40. The van der Waals surface area contributed by atoms with E-state index < -0.39 is 11.2 Å². The van der Waals surface area contributed by atoms with Crippen molar-refractivity contribution in [2.45, 2.75) is 13.5 Å². The van der Waals surface area contributed by atoms with Crippen LogP contribution in [-0.4, -0.2) is 28.2 Å². The first-order valence-corrected chi connectivity index (χ1v) is 9.97. The van der Waals surface area contributed by atoms with Crippen molar-refractivity contribution in [1.29, 1.82) is 0 Å². The van der Waals surface area contributed by atoms with Crippen LogP contribution < -0.4 is 11.2 Å². The molecule has 3 aromatic heterocycles. The number of rotatable bonds is 3. The second-order valence-electron chi connectivity index (χ2n) is 7.41. The number of imidazole rings is 2. The van der Waals surface area contributed by atoms with Gasteiger partial charge in [0.25, 0.3) is 5.56 Å². The first-order valence-electron chi connectivity index (χ1n) is 9.59. The zero-order valence-corrected chi connectivity index (χ0v) is 17.5. The van der Waals surface area contributed by atoms with Crippen LogP contribution >= 0.6 is 11.6 Å². The molecule has 5 aromatic rings. The quantitative estimate of drug-likeness (QED) is 0.472. The summed E-state index contributed by atoms with van der Waals surface area (Å²) in [5.74, 6) is 0.523. The van der Waals surface area contributed by atoms with E-state index in [1.165, 1.54) is 9.13 Å². The fourth-order valence-corrected chi connectivity index (χ4v) is 4.00. The third-order valence-corrected chi connectivity index (χ3v) is 5.65. The average Bonchev–Trinajstić information content (AvgIpc) is 3.26. The number of para-hydroxylation sites is 2. The Morgan fingerprint density at radius 3 is 2.48 bits per heavy atom. The van der Waals surface area contributed by atoms with Crippen molar-refractivity contribution in [3.63, 3.8) is 0 Å². The van der Waals surface area contributed by atoms with Gasteiger partial charge in [-0.15, -0.1) is 0 Å². The van der Waals surface area contributed by atoms with Gasteiger partial charge in [-0.05, 0) is 36.8 Å². The Morgan fingerprint density at radius 2 is 1.77 bits per heavy atom. The summed E-state index contributed by atoms with van der Waals surface area (Å²) in [4.78, 5) is 30.9. The van der Waals surface area contributed by atoms with Crippen molar-refractivity contribution >= 4 is 28.5 Å². The number of aromatic hydroxyl groups is 1. The number of benzene rings is 2. The highest BCUT2D eigenvalue weighted by Crippen LogP contribution is 2.26. The van der Waals surface area contributed by atoms with Crippen LogP contribution in [0.2, 0.25) is 5.02 Å². The minimum Gasteiger partial charge on any atom is -0.506 e. The average molecular weight is 436 g/mol. The molecule has 0 aliphatic carbocycles. The Balaban J connectivity index is 1.80. The first kappa shape index (κ1) is 19.2. The summed E-state index contributed by atoms with van der Waals surface area (Å²) in [6.45, 7) is 1.98. The number of aromatic nitrogens is 5. The van der Waals surface area contributed by atoms with Crippen LogP contribution in [0, 0.1) is 6.92 Å². The summed E-state index contributed by atoms with van der Waals surface area (Å²) in [5.41, 5.74) is 1.78.